The summed E-state index contributed by atoms with van der Waals surface area (Å²) in [6.07, 6.45) is 1.15. The Kier molecular flexibility index (Phi) is 4.17. The highest BCUT2D eigenvalue weighted by atomic mass is 32.2. The van der Waals surface area contributed by atoms with E-state index in [9.17, 15) is 8.42 Å². The summed E-state index contributed by atoms with van der Waals surface area (Å²) in [5.74, 6) is 0.626. The van der Waals surface area contributed by atoms with Crippen LogP contribution in [0.3, 0.4) is 0 Å². The van der Waals surface area contributed by atoms with Gasteiger partial charge in [0.25, 0.3) is 5.89 Å². The van der Waals surface area contributed by atoms with Crippen molar-refractivity contribution in [3.05, 3.63) is 30.1 Å². The van der Waals surface area contributed by atoms with Crippen molar-refractivity contribution in [1.29, 1.82) is 0 Å². The number of hydrogen-bond donors (Lipinski definition) is 1. The molecular weight excluding hydrogens is 282 g/mol. The number of methoxy groups -OCH3 is 1. The predicted octanol–water partition coefficient (Wildman–Crippen LogP) is 0.786. The highest BCUT2D eigenvalue weighted by Crippen LogP contribution is 2.20. The molecule has 7 nitrogen and oxygen atoms in total. The first-order valence-electron chi connectivity index (χ1n) is 5.80. The van der Waals surface area contributed by atoms with Crippen molar-refractivity contribution in [2.45, 2.75) is 10.9 Å². The third-order valence-electron chi connectivity index (χ3n) is 2.65. The van der Waals surface area contributed by atoms with Crippen LogP contribution in [0.1, 0.15) is 11.9 Å². The third-order valence-corrected chi connectivity index (χ3v) is 3.78. The zero-order valence-corrected chi connectivity index (χ0v) is 11.9. The van der Waals surface area contributed by atoms with Crippen molar-refractivity contribution in [3.63, 3.8) is 0 Å². The van der Waals surface area contributed by atoms with Gasteiger partial charge < -0.3 is 15.0 Å². The molecule has 0 aliphatic rings. The summed E-state index contributed by atoms with van der Waals surface area (Å²) in [6.45, 7) is 0.284. The van der Waals surface area contributed by atoms with Crippen molar-refractivity contribution in [2.24, 2.45) is 5.73 Å². The molecule has 0 aliphatic heterocycles. The molecule has 0 saturated carbocycles. The maximum absolute atomic E-state index is 11.4. The van der Waals surface area contributed by atoms with E-state index in [0.717, 1.165) is 6.26 Å². The molecule has 0 amide bonds. The minimum atomic E-state index is -3.22. The molecule has 0 radical (unpaired) electrons. The second-order valence-corrected chi connectivity index (χ2v) is 6.33. The Balaban J connectivity index is 2.24. The van der Waals surface area contributed by atoms with Crippen molar-refractivity contribution < 1.29 is 17.7 Å². The van der Waals surface area contributed by atoms with Crippen molar-refractivity contribution in [2.75, 3.05) is 20.0 Å². The van der Waals surface area contributed by atoms with Gasteiger partial charge >= 0.3 is 0 Å². The lowest BCUT2D eigenvalue weighted by molar-refractivity contribution is 0.177. The van der Waals surface area contributed by atoms with Crippen LogP contribution in [0.4, 0.5) is 0 Å². The number of aromatic nitrogens is 2. The number of nitrogens with two attached hydrogens (primary N) is 1. The lowest BCUT2D eigenvalue weighted by Crippen LogP contribution is -2.17. The third kappa shape index (κ3) is 3.21. The van der Waals surface area contributed by atoms with Gasteiger partial charge in [-0.05, 0) is 24.3 Å². The normalized spacial score (nSPS) is 13.3. The maximum atomic E-state index is 11.4. The van der Waals surface area contributed by atoms with Gasteiger partial charge in [0.05, 0.1) is 17.5 Å². The highest BCUT2D eigenvalue weighted by molar-refractivity contribution is 7.90. The Labute approximate surface area is 116 Å². The molecule has 0 bridgehead atoms. The fourth-order valence-corrected chi connectivity index (χ4v) is 2.23. The van der Waals surface area contributed by atoms with E-state index in [2.05, 4.69) is 10.1 Å². The summed E-state index contributed by atoms with van der Waals surface area (Å²) in [5, 5.41) is 3.77. The smallest absolute Gasteiger partial charge is 0.257 e. The molecule has 0 aliphatic carbocycles. The van der Waals surface area contributed by atoms with Crippen molar-refractivity contribution in [3.8, 4) is 11.5 Å². The summed E-state index contributed by atoms with van der Waals surface area (Å²) in [6, 6.07) is 5.73. The predicted molar refractivity (Wildman–Crippen MR) is 71.6 cm³/mol. The van der Waals surface area contributed by atoms with Crippen LogP contribution >= 0.6 is 0 Å². The van der Waals surface area contributed by atoms with Crippen LogP contribution in [-0.4, -0.2) is 38.5 Å². The van der Waals surface area contributed by atoms with Gasteiger partial charge in [0.2, 0.25) is 0 Å². The average molecular weight is 297 g/mol. The van der Waals surface area contributed by atoms with Crippen LogP contribution in [0.2, 0.25) is 0 Å². The van der Waals surface area contributed by atoms with Crippen LogP contribution in [0.25, 0.3) is 11.5 Å². The summed E-state index contributed by atoms with van der Waals surface area (Å²) in [4.78, 5) is 4.39. The minimum absolute atomic E-state index is 0.233. The van der Waals surface area contributed by atoms with E-state index < -0.39 is 15.9 Å². The first-order valence-corrected chi connectivity index (χ1v) is 7.69. The van der Waals surface area contributed by atoms with E-state index in [-0.39, 0.29) is 17.4 Å². The van der Waals surface area contributed by atoms with Gasteiger partial charge in [-0.2, -0.15) is 4.98 Å². The van der Waals surface area contributed by atoms with Gasteiger partial charge in [-0.15, -0.1) is 0 Å². The first-order chi connectivity index (χ1) is 9.41. The van der Waals surface area contributed by atoms with Crippen LogP contribution in [-0.2, 0) is 14.6 Å². The van der Waals surface area contributed by atoms with Crippen LogP contribution in [0, 0.1) is 0 Å². The van der Waals surface area contributed by atoms with E-state index in [4.69, 9.17) is 15.0 Å². The topological polar surface area (TPSA) is 108 Å². The minimum Gasteiger partial charge on any atom is -0.383 e. The summed E-state index contributed by atoms with van der Waals surface area (Å²) >= 11 is 0. The lowest BCUT2D eigenvalue weighted by Gasteiger charge is -2.03. The van der Waals surface area contributed by atoms with E-state index in [1.165, 1.54) is 19.2 Å². The standard InChI is InChI=1S/C12H15N3O4S/c1-18-7-10(13)11-14-12(19-15-11)8-3-5-9(6-4-8)20(2,16)17/h3-6,10H,7,13H2,1-2H3. The summed E-state index contributed by atoms with van der Waals surface area (Å²) in [5.41, 5.74) is 6.41. The van der Waals surface area contributed by atoms with Gasteiger partial charge in [0.15, 0.2) is 15.7 Å². The quantitative estimate of drug-likeness (QED) is 0.868. The Bertz CT molecular complexity index is 679. The molecule has 20 heavy (non-hydrogen) atoms. The van der Waals surface area contributed by atoms with E-state index in [1.807, 2.05) is 0 Å². The number of sulfone groups is 1. The highest BCUT2D eigenvalue weighted by Gasteiger charge is 2.15. The number of ether oxygens (including phenoxy) is 1. The Morgan fingerprint density at radius 1 is 1.35 bits per heavy atom. The van der Waals surface area contributed by atoms with Gasteiger partial charge in [-0.25, -0.2) is 8.42 Å². The molecule has 2 rings (SSSR count). The SMILES string of the molecule is COCC(N)c1noc(-c2ccc(S(C)(=O)=O)cc2)n1. The molecule has 0 spiro atoms. The number of nitrogens with zero attached hydrogens (tertiary/aromatic N) is 2. The molecule has 8 heteroatoms. The molecular formula is C12H15N3O4S. The molecule has 0 saturated heterocycles. The molecule has 1 aromatic carbocycles. The van der Waals surface area contributed by atoms with Crippen LogP contribution in [0.15, 0.2) is 33.7 Å². The Hall–Kier alpha value is -1.77. The molecule has 1 atom stereocenters. The molecule has 108 valence electrons. The first kappa shape index (κ1) is 14.6. The Morgan fingerprint density at radius 3 is 2.55 bits per heavy atom. The second-order valence-electron chi connectivity index (χ2n) is 4.32. The second kappa shape index (κ2) is 5.70. The number of benzene rings is 1. The lowest BCUT2D eigenvalue weighted by atomic mass is 10.2. The van der Waals surface area contributed by atoms with E-state index in [0.29, 0.717) is 11.4 Å². The number of hydrogen-bond acceptors (Lipinski definition) is 7. The molecule has 1 heterocycles. The van der Waals surface area contributed by atoms with Gasteiger partial charge in [-0.1, -0.05) is 5.16 Å². The average Bonchev–Trinajstić information content (AvgIpc) is 2.88. The fourth-order valence-electron chi connectivity index (χ4n) is 1.60. The number of rotatable bonds is 5. The zero-order valence-electron chi connectivity index (χ0n) is 11.1. The van der Waals surface area contributed by atoms with Crippen molar-refractivity contribution in [1.82, 2.24) is 10.1 Å². The molecule has 1 unspecified atom stereocenters. The van der Waals surface area contributed by atoms with Gasteiger partial charge in [0.1, 0.15) is 0 Å². The monoisotopic (exact) mass is 297 g/mol. The maximum Gasteiger partial charge on any atom is 0.257 e. The molecule has 0 fully saturated rings. The molecule has 1 aromatic heterocycles. The fraction of sp³-hybridized carbons (Fsp3) is 0.333. The Morgan fingerprint density at radius 2 is 2.00 bits per heavy atom. The van der Waals surface area contributed by atoms with Crippen LogP contribution < -0.4 is 5.73 Å². The van der Waals surface area contributed by atoms with Gasteiger partial charge in [0, 0.05) is 18.9 Å². The zero-order chi connectivity index (χ0) is 14.8. The largest absolute Gasteiger partial charge is 0.383 e. The van der Waals surface area contributed by atoms with Crippen LogP contribution in [0.5, 0.6) is 0 Å². The summed E-state index contributed by atoms with van der Waals surface area (Å²) in [7, 11) is -1.69. The van der Waals surface area contributed by atoms with E-state index in [1.54, 1.807) is 12.1 Å². The van der Waals surface area contributed by atoms with E-state index >= 15 is 0 Å². The van der Waals surface area contributed by atoms with Crippen molar-refractivity contribution >= 4 is 9.84 Å². The van der Waals surface area contributed by atoms with Gasteiger partial charge in [-0.3, -0.25) is 0 Å². The molecule has 2 aromatic rings. The summed E-state index contributed by atoms with van der Waals surface area (Å²) < 4.78 is 32.7. The molecule has 2 N–H and O–H groups in total.